The zero-order chi connectivity index (χ0) is 9.94. The summed E-state index contributed by atoms with van der Waals surface area (Å²) in [5.74, 6) is 0. The Labute approximate surface area is 143 Å². The largest absolute Gasteiger partial charge is 1.00 e. The fourth-order valence-electron chi connectivity index (χ4n) is 1.57. The molecule has 1 atom stereocenters. The van der Waals surface area contributed by atoms with Crippen LogP contribution in [-0.2, 0) is 0 Å². The van der Waals surface area contributed by atoms with Gasteiger partial charge in [-0.15, -0.1) is 0 Å². The molecule has 0 aromatic carbocycles. The Morgan fingerprint density at radius 3 is 1.80 bits per heavy atom. The standard InChI is InChI=1S/C12H26O.2Na.2H/c1-3-5-7-8-9-11-12(13)10-6-4-2;;;;/h12-13H,3-11H2,1-2H3;;;;/q;2*+1;2*-1. The van der Waals surface area contributed by atoms with Gasteiger partial charge in [-0.1, -0.05) is 58.8 Å². The molecular formula is C12H28Na2O. The van der Waals surface area contributed by atoms with Crippen molar-refractivity contribution in [1.82, 2.24) is 0 Å². The van der Waals surface area contributed by atoms with E-state index in [1.807, 2.05) is 0 Å². The van der Waals surface area contributed by atoms with E-state index in [9.17, 15) is 5.11 Å². The predicted octanol–water partition coefficient (Wildman–Crippen LogP) is -1.87. The Kier molecular flexibility index (Phi) is 27.1. The molecule has 0 spiro atoms. The summed E-state index contributed by atoms with van der Waals surface area (Å²) in [5.41, 5.74) is 0. The fourth-order valence-corrected chi connectivity index (χ4v) is 1.57. The molecule has 0 bridgehead atoms. The zero-order valence-corrected chi connectivity index (χ0v) is 15.4. The Morgan fingerprint density at radius 1 is 0.800 bits per heavy atom. The number of aliphatic hydroxyl groups excluding tert-OH is 1. The van der Waals surface area contributed by atoms with Gasteiger partial charge in [0.25, 0.3) is 0 Å². The molecule has 0 fully saturated rings. The minimum atomic E-state index is -0.0263. The molecule has 0 rings (SSSR count). The number of hydrogen-bond donors (Lipinski definition) is 1. The van der Waals surface area contributed by atoms with Gasteiger partial charge in [0.05, 0.1) is 6.10 Å². The third-order valence-corrected chi connectivity index (χ3v) is 2.53. The normalized spacial score (nSPS) is 11.4. The molecule has 1 unspecified atom stereocenters. The van der Waals surface area contributed by atoms with Crippen molar-refractivity contribution in [2.45, 2.75) is 77.7 Å². The smallest absolute Gasteiger partial charge is 1.00 e. The number of hydrogen-bond acceptors (Lipinski definition) is 1. The summed E-state index contributed by atoms with van der Waals surface area (Å²) < 4.78 is 0. The van der Waals surface area contributed by atoms with Crippen LogP contribution in [0.1, 0.15) is 74.5 Å². The van der Waals surface area contributed by atoms with Gasteiger partial charge in [0.2, 0.25) is 0 Å². The first-order valence-corrected chi connectivity index (χ1v) is 5.99. The molecule has 1 nitrogen and oxygen atoms in total. The first kappa shape index (κ1) is 22.2. The average molecular weight is 234 g/mol. The van der Waals surface area contributed by atoms with Gasteiger partial charge in [0, 0.05) is 0 Å². The van der Waals surface area contributed by atoms with Crippen LogP contribution in [0.25, 0.3) is 0 Å². The van der Waals surface area contributed by atoms with Crippen molar-refractivity contribution in [2.24, 2.45) is 0 Å². The Balaban J connectivity index is -0.000000120. The van der Waals surface area contributed by atoms with E-state index in [0.717, 1.165) is 12.8 Å². The van der Waals surface area contributed by atoms with Crippen LogP contribution in [0.3, 0.4) is 0 Å². The summed E-state index contributed by atoms with van der Waals surface area (Å²) in [6, 6.07) is 0. The minimum Gasteiger partial charge on any atom is -1.00 e. The number of aliphatic hydroxyl groups is 1. The second kappa shape index (κ2) is 18.3. The predicted molar refractivity (Wildman–Crippen MR) is 61.1 cm³/mol. The SMILES string of the molecule is CCCCCCCC(O)CCCC.[H-].[H-].[Na+].[Na+]. The molecule has 0 saturated carbocycles. The van der Waals surface area contributed by atoms with E-state index in [4.69, 9.17) is 0 Å². The summed E-state index contributed by atoms with van der Waals surface area (Å²) in [5, 5.41) is 9.54. The maximum Gasteiger partial charge on any atom is 1.00 e. The van der Waals surface area contributed by atoms with Crippen molar-refractivity contribution >= 4 is 0 Å². The summed E-state index contributed by atoms with van der Waals surface area (Å²) in [7, 11) is 0. The van der Waals surface area contributed by atoms with Crippen molar-refractivity contribution in [2.75, 3.05) is 0 Å². The molecular weight excluding hydrogens is 206 g/mol. The first-order chi connectivity index (χ1) is 6.31. The molecule has 15 heavy (non-hydrogen) atoms. The zero-order valence-electron chi connectivity index (χ0n) is 13.4. The minimum absolute atomic E-state index is 0. The van der Waals surface area contributed by atoms with Crippen LogP contribution < -0.4 is 59.1 Å². The fraction of sp³-hybridized carbons (Fsp3) is 1.00. The average Bonchev–Trinajstić information content (AvgIpc) is 2.14. The first-order valence-electron chi connectivity index (χ1n) is 5.99. The van der Waals surface area contributed by atoms with Crippen LogP contribution in [0.5, 0.6) is 0 Å². The second-order valence-electron chi connectivity index (χ2n) is 4.00. The van der Waals surface area contributed by atoms with E-state index in [1.54, 1.807) is 0 Å². The van der Waals surface area contributed by atoms with Crippen molar-refractivity contribution in [3.63, 3.8) is 0 Å². The van der Waals surface area contributed by atoms with Crippen LogP contribution >= 0.6 is 0 Å². The third-order valence-electron chi connectivity index (χ3n) is 2.53. The third kappa shape index (κ3) is 18.5. The number of unbranched alkanes of at least 4 members (excludes halogenated alkanes) is 5. The molecule has 0 amide bonds. The molecule has 3 heteroatoms. The summed E-state index contributed by atoms with van der Waals surface area (Å²) in [6.45, 7) is 4.41. The van der Waals surface area contributed by atoms with Gasteiger partial charge >= 0.3 is 59.1 Å². The Hall–Kier alpha value is 1.96. The maximum atomic E-state index is 9.54. The van der Waals surface area contributed by atoms with Crippen molar-refractivity contribution in [1.29, 1.82) is 0 Å². The molecule has 0 radical (unpaired) electrons. The molecule has 0 aliphatic heterocycles. The Bertz CT molecular complexity index is 109. The number of rotatable bonds is 9. The molecule has 0 aliphatic rings. The van der Waals surface area contributed by atoms with E-state index in [0.29, 0.717) is 0 Å². The van der Waals surface area contributed by atoms with Gasteiger partial charge in [0.15, 0.2) is 0 Å². The van der Waals surface area contributed by atoms with Crippen molar-refractivity contribution < 1.29 is 67.1 Å². The molecule has 0 aliphatic carbocycles. The van der Waals surface area contributed by atoms with Crippen LogP contribution in [-0.4, -0.2) is 11.2 Å². The van der Waals surface area contributed by atoms with Crippen LogP contribution in [0.15, 0.2) is 0 Å². The summed E-state index contributed by atoms with van der Waals surface area (Å²) in [4.78, 5) is 0. The van der Waals surface area contributed by atoms with Crippen LogP contribution in [0.4, 0.5) is 0 Å². The summed E-state index contributed by atoms with van der Waals surface area (Å²) >= 11 is 0. The molecule has 0 aromatic rings. The van der Waals surface area contributed by atoms with E-state index in [2.05, 4.69) is 13.8 Å². The molecule has 0 saturated heterocycles. The maximum absolute atomic E-state index is 9.54. The van der Waals surface area contributed by atoms with E-state index >= 15 is 0 Å². The second-order valence-corrected chi connectivity index (χ2v) is 4.00. The summed E-state index contributed by atoms with van der Waals surface area (Å²) in [6.07, 6.45) is 10.9. The monoisotopic (exact) mass is 234 g/mol. The molecule has 0 heterocycles. The quantitative estimate of drug-likeness (QED) is 0.366. The van der Waals surface area contributed by atoms with Crippen LogP contribution in [0.2, 0.25) is 0 Å². The van der Waals surface area contributed by atoms with Crippen molar-refractivity contribution in [3.8, 4) is 0 Å². The van der Waals surface area contributed by atoms with Crippen LogP contribution in [0, 0.1) is 0 Å². The van der Waals surface area contributed by atoms with Gasteiger partial charge in [-0.3, -0.25) is 0 Å². The van der Waals surface area contributed by atoms with E-state index < -0.39 is 0 Å². The van der Waals surface area contributed by atoms with E-state index in [1.165, 1.54) is 44.9 Å². The van der Waals surface area contributed by atoms with Gasteiger partial charge in [-0.05, 0) is 12.8 Å². The molecule has 1 N–H and O–H groups in total. The molecule has 84 valence electrons. The van der Waals surface area contributed by atoms with Gasteiger partial charge in [-0.2, -0.15) is 0 Å². The van der Waals surface area contributed by atoms with Gasteiger partial charge < -0.3 is 7.96 Å². The van der Waals surface area contributed by atoms with Crippen molar-refractivity contribution in [3.05, 3.63) is 0 Å². The molecule has 0 aromatic heterocycles. The Morgan fingerprint density at radius 2 is 1.27 bits per heavy atom. The van der Waals surface area contributed by atoms with Gasteiger partial charge in [-0.25, -0.2) is 0 Å². The van der Waals surface area contributed by atoms with E-state index in [-0.39, 0.29) is 68.1 Å². The van der Waals surface area contributed by atoms with Gasteiger partial charge in [0.1, 0.15) is 0 Å². The topological polar surface area (TPSA) is 20.2 Å².